The molecule has 2 aromatic carbocycles. The first-order chi connectivity index (χ1) is 18.4. The van der Waals surface area contributed by atoms with Crippen LogP contribution in [0.5, 0.6) is 5.75 Å². The van der Waals surface area contributed by atoms with E-state index in [1.54, 1.807) is 45.3 Å². The molecule has 11 heteroatoms. The second-order valence-electron chi connectivity index (χ2n) is 10.4. The second kappa shape index (κ2) is 10.9. The summed E-state index contributed by atoms with van der Waals surface area (Å²) >= 11 is 0. The van der Waals surface area contributed by atoms with Crippen LogP contribution in [-0.2, 0) is 26.2 Å². The maximum absolute atomic E-state index is 13.8. The van der Waals surface area contributed by atoms with Crippen LogP contribution in [0.2, 0.25) is 0 Å². The molecule has 0 bridgehead atoms. The molecule has 0 radical (unpaired) electrons. The number of hydroxylamine groups is 1. The minimum atomic E-state index is -4.20. The molecule has 1 fully saturated rings. The number of nitrogens with one attached hydrogen (secondary N) is 1. The number of pyridine rings is 1. The third-order valence-corrected chi connectivity index (χ3v) is 8.99. The molecule has 0 spiro atoms. The number of rotatable bonds is 9. The number of fused-ring (bicyclic) bond motifs is 1. The van der Waals surface area contributed by atoms with Crippen molar-refractivity contribution in [2.45, 2.75) is 57.7 Å². The van der Waals surface area contributed by atoms with Gasteiger partial charge in [-0.05, 0) is 57.2 Å². The van der Waals surface area contributed by atoms with Gasteiger partial charge in [-0.2, -0.15) is 4.31 Å². The molecule has 39 heavy (non-hydrogen) atoms. The molecule has 2 heterocycles. The van der Waals surface area contributed by atoms with Crippen LogP contribution in [0.15, 0.2) is 59.5 Å². The van der Waals surface area contributed by atoms with Crippen molar-refractivity contribution in [1.82, 2.24) is 19.7 Å². The standard InChI is InChI=1S/C28H34N4O6S/c1-18(2)26(33)31-16-28(17-31,27(34)30-35)32(19(3)4)39(36,37)23-12-10-22(11-13-23)38-15-21-14-20(5)29-25-9-7-6-8-24(21)25/h6-14,18-19,35H,15-17H2,1-5H3,(H,30,34). The molecule has 1 aliphatic heterocycles. The Morgan fingerprint density at radius 2 is 1.74 bits per heavy atom. The summed E-state index contributed by atoms with van der Waals surface area (Å²) in [6.07, 6.45) is 0. The molecule has 1 aliphatic rings. The smallest absolute Gasteiger partial charge is 0.268 e. The fourth-order valence-corrected chi connectivity index (χ4v) is 7.01. The van der Waals surface area contributed by atoms with E-state index in [0.29, 0.717) is 5.75 Å². The van der Waals surface area contributed by atoms with E-state index >= 15 is 0 Å². The Morgan fingerprint density at radius 1 is 1.10 bits per heavy atom. The van der Waals surface area contributed by atoms with E-state index in [9.17, 15) is 23.2 Å². The zero-order valence-corrected chi connectivity index (χ0v) is 23.5. The van der Waals surface area contributed by atoms with Crippen LogP contribution in [0.4, 0.5) is 0 Å². The predicted octanol–water partition coefficient (Wildman–Crippen LogP) is 3.26. The largest absolute Gasteiger partial charge is 0.489 e. The van der Waals surface area contributed by atoms with Gasteiger partial charge in [0.05, 0.1) is 23.5 Å². The number of benzene rings is 2. The number of hydrogen-bond donors (Lipinski definition) is 2. The van der Waals surface area contributed by atoms with Crippen LogP contribution in [0.3, 0.4) is 0 Å². The highest BCUT2D eigenvalue weighted by molar-refractivity contribution is 7.89. The van der Waals surface area contributed by atoms with Crippen LogP contribution in [0.25, 0.3) is 10.9 Å². The van der Waals surface area contributed by atoms with Gasteiger partial charge in [-0.15, -0.1) is 0 Å². The molecule has 0 aliphatic carbocycles. The third-order valence-electron chi connectivity index (χ3n) is 6.83. The van der Waals surface area contributed by atoms with E-state index in [4.69, 9.17) is 4.74 Å². The summed E-state index contributed by atoms with van der Waals surface area (Å²) in [5, 5.41) is 10.4. The van der Waals surface area contributed by atoms with Crippen LogP contribution in [-0.4, -0.2) is 64.3 Å². The molecule has 0 atom stereocenters. The molecule has 4 rings (SSSR count). The van der Waals surface area contributed by atoms with Gasteiger partial charge in [-0.25, -0.2) is 13.9 Å². The van der Waals surface area contributed by atoms with Gasteiger partial charge >= 0.3 is 0 Å². The number of nitrogens with zero attached hydrogens (tertiary/aromatic N) is 3. The Balaban J connectivity index is 1.58. The van der Waals surface area contributed by atoms with Gasteiger partial charge in [-0.1, -0.05) is 32.0 Å². The topological polar surface area (TPSA) is 129 Å². The van der Waals surface area contributed by atoms with E-state index in [2.05, 4.69) is 4.98 Å². The Hall–Kier alpha value is -3.54. The first-order valence-electron chi connectivity index (χ1n) is 12.8. The molecule has 0 unspecified atom stereocenters. The van der Waals surface area contributed by atoms with Gasteiger partial charge in [0.15, 0.2) is 5.54 Å². The lowest BCUT2D eigenvalue weighted by atomic mass is 9.86. The summed E-state index contributed by atoms with van der Waals surface area (Å²) < 4.78 is 34.7. The first kappa shape index (κ1) is 28.5. The highest BCUT2D eigenvalue weighted by atomic mass is 32.2. The molecule has 0 saturated carbocycles. The van der Waals surface area contributed by atoms with E-state index in [0.717, 1.165) is 26.5 Å². The number of likely N-dealkylation sites (tertiary alicyclic amines) is 1. The molecule has 1 aromatic heterocycles. The number of aryl methyl sites for hydroxylation is 1. The van der Waals surface area contributed by atoms with Crippen molar-refractivity contribution in [3.63, 3.8) is 0 Å². The minimum Gasteiger partial charge on any atom is -0.489 e. The Bertz CT molecular complexity index is 1480. The van der Waals surface area contributed by atoms with E-state index in [-0.39, 0.29) is 36.4 Å². The number of aromatic nitrogens is 1. The lowest BCUT2D eigenvalue weighted by molar-refractivity contribution is -0.161. The molecule has 10 nitrogen and oxygen atoms in total. The van der Waals surface area contributed by atoms with Crippen molar-refractivity contribution in [3.8, 4) is 5.75 Å². The van der Waals surface area contributed by atoms with Crippen LogP contribution in [0.1, 0.15) is 39.0 Å². The summed E-state index contributed by atoms with van der Waals surface area (Å²) in [7, 11) is -4.20. The highest BCUT2D eigenvalue weighted by Crippen LogP contribution is 2.36. The number of para-hydroxylation sites is 1. The summed E-state index contributed by atoms with van der Waals surface area (Å²) in [6.45, 7) is 8.63. The van der Waals surface area contributed by atoms with Crippen LogP contribution >= 0.6 is 0 Å². The SMILES string of the molecule is Cc1cc(COc2ccc(S(=O)(=O)N(C(C)C)C3(C(=O)NO)CN(C(=O)C(C)C)C3)cc2)c2ccccc2n1. The zero-order valence-electron chi connectivity index (χ0n) is 22.7. The predicted molar refractivity (Wildman–Crippen MR) is 145 cm³/mol. The fourth-order valence-electron chi connectivity index (χ4n) is 5.09. The van der Waals surface area contributed by atoms with E-state index in [1.165, 1.54) is 17.0 Å². The van der Waals surface area contributed by atoms with Crippen LogP contribution < -0.4 is 10.2 Å². The van der Waals surface area contributed by atoms with Crippen molar-refractivity contribution in [1.29, 1.82) is 0 Å². The quantitative estimate of drug-likeness (QED) is 0.307. The molecule has 1 saturated heterocycles. The second-order valence-corrected chi connectivity index (χ2v) is 12.2. The number of carbonyl (C=O) groups excluding carboxylic acids is 2. The third kappa shape index (κ3) is 5.34. The van der Waals surface area contributed by atoms with Crippen LogP contribution in [0, 0.1) is 12.8 Å². The molecular formula is C28H34N4O6S. The van der Waals surface area contributed by atoms with Crippen molar-refractivity contribution in [3.05, 3.63) is 65.9 Å². The molecular weight excluding hydrogens is 520 g/mol. The number of hydrogen-bond acceptors (Lipinski definition) is 7. The van der Waals surface area contributed by atoms with Crippen molar-refractivity contribution in [2.24, 2.45) is 5.92 Å². The Kier molecular flexibility index (Phi) is 7.97. The molecule has 2 N–H and O–H groups in total. The summed E-state index contributed by atoms with van der Waals surface area (Å²) in [5.41, 5.74) is 2.67. The molecule has 2 amide bonds. The number of sulfonamides is 1. The summed E-state index contributed by atoms with van der Waals surface area (Å²) in [4.78, 5) is 31.2. The van der Waals surface area contributed by atoms with Crippen molar-refractivity contribution in [2.75, 3.05) is 13.1 Å². The number of carbonyl (C=O) groups is 2. The Labute approximate surface area is 228 Å². The number of amides is 2. The summed E-state index contributed by atoms with van der Waals surface area (Å²) in [5.74, 6) is -0.918. The lowest BCUT2D eigenvalue weighted by Gasteiger charge is -2.54. The van der Waals surface area contributed by atoms with E-state index < -0.39 is 27.5 Å². The van der Waals surface area contributed by atoms with Crippen molar-refractivity contribution >= 4 is 32.7 Å². The monoisotopic (exact) mass is 554 g/mol. The minimum absolute atomic E-state index is 0.0347. The fraction of sp³-hybridized carbons (Fsp3) is 0.393. The number of ether oxygens (including phenoxy) is 1. The maximum atomic E-state index is 13.8. The molecule has 208 valence electrons. The average Bonchev–Trinajstić information content (AvgIpc) is 2.87. The van der Waals surface area contributed by atoms with Gasteiger partial charge in [0.25, 0.3) is 5.91 Å². The average molecular weight is 555 g/mol. The normalized spacial score (nSPS) is 15.1. The zero-order chi connectivity index (χ0) is 28.5. The van der Waals surface area contributed by atoms with Gasteiger partial charge in [0.2, 0.25) is 15.9 Å². The summed E-state index contributed by atoms with van der Waals surface area (Å²) in [6, 6.07) is 15.1. The maximum Gasteiger partial charge on any atom is 0.268 e. The lowest BCUT2D eigenvalue weighted by Crippen LogP contribution is -2.78. The van der Waals surface area contributed by atoms with Gasteiger partial charge in [0.1, 0.15) is 12.4 Å². The first-order valence-corrected chi connectivity index (χ1v) is 14.2. The highest BCUT2D eigenvalue weighted by Gasteiger charge is 2.60. The van der Waals surface area contributed by atoms with Gasteiger partial charge < -0.3 is 9.64 Å². The Morgan fingerprint density at radius 3 is 2.33 bits per heavy atom. The van der Waals surface area contributed by atoms with E-state index in [1.807, 2.05) is 37.3 Å². The van der Waals surface area contributed by atoms with Gasteiger partial charge in [0, 0.05) is 28.6 Å². The molecule has 3 aromatic rings. The van der Waals surface area contributed by atoms with Gasteiger partial charge in [-0.3, -0.25) is 19.8 Å². The van der Waals surface area contributed by atoms with Crippen molar-refractivity contribution < 1.29 is 28.0 Å².